The second-order valence-electron chi connectivity index (χ2n) is 3.68. The van der Waals surface area contributed by atoms with Gasteiger partial charge in [-0.05, 0) is 42.6 Å². The lowest BCUT2D eigenvalue weighted by Gasteiger charge is -2.28. The van der Waals surface area contributed by atoms with Crippen molar-refractivity contribution in [3.63, 3.8) is 0 Å². The van der Waals surface area contributed by atoms with E-state index in [0.717, 1.165) is 6.08 Å². The molecule has 1 aliphatic rings. The summed E-state index contributed by atoms with van der Waals surface area (Å²) in [6, 6.07) is 6.44. The molecule has 0 atom stereocenters. The first-order valence-corrected chi connectivity index (χ1v) is 6.09. The number of rotatable bonds is 2. The zero-order chi connectivity index (χ0) is 14.0. The Kier molecular flexibility index (Phi) is 3.94. The molecule has 7 heteroatoms. The molecule has 19 heavy (non-hydrogen) atoms. The predicted octanol–water partition coefficient (Wildman–Crippen LogP) is 1.01. The molecule has 0 aliphatic carbocycles. The molecule has 0 spiro atoms. The second-order valence-corrected chi connectivity index (χ2v) is 4.50. The van der Waals surface area contributed by atoms with Crippen LogP contribution >= 0.6 is 23.8 Å². The van der Waals surface area contributed by atoms with E-state index >= 15 is 0 Å². The van der Waals surface area contributed by atoms with E-state index in [4.69, 9.17) is 28.9 Å². The van der Waals surface area contributed by atoms with Crippen LogP contribution in [0.5, 0.6) is 0 Å². The van der Waals surface area contributed by atoms with Gasteiger partial charge in [-0.25, -0.2) is 0 Å². The van der Waals surface area contributed by atoms with Crippen LogP contribution in [0.2, 0.25) is 5.02 Å². The molecule has 1 aromatic rings. The molecule has 0 bridgehead atoms. The number of nitrogens with zero attached hydrogens (tertiary/aromatic N) is 1. The number of carbonyl (C=O) groups is 2. The van der Waals surface area contributed by atoms with E-state index in [1.54, 1.807) is 24.3 Å². The summed E-state index contributed by atoms with van der Waals surface area (Å²) < 4.78 is 0. The van der Waals surface area contributed by atoms with Crippen LogP contribution < -0.4 is 10.2 Å². The monoisotopic (exact) mass is 296 g/mol. The van der Waals surface area contributed by atoms with Gasteiger partial charge in [0.25, 0.3) is 11.8 Å². The highest BCUT2D eigenvalue weighted by atomic mass is 35.5. The Hall–Kier alpha value is -1.76. The fourth-order valence-electron chi connectivity index (χ4n) is 1.63. The summed E-state index contributed by atoms with van der Waals surface area (Å²) in [5, 5.41) is 11.7. The Morgan fingerprint density at radius 3 is 2.53 bits per heavy atom. The molecular weight excluding hydrogens is 288 g/mol. The van der Waals surface area contributed by atoms with Gasteiger partial charge in [-0.15, -0.1) is 0 Å². The SMILES string of the molecule is O=C1NC(=S)N(c2ccc(Cl)cc2)C(=O)/C1=C\CO. The van der Waals surface area contributed by atoms with Crippen molar-refractivity contribution in [2.75, 3.05) is 11.5 Å². The number of hydrogen-bond acceptors (Lipinski definition) is 4. The van der Waals surface area contributed by atoms with Crippen molar-refractivity contribution in [2.24, 2.45) is 0 Å². The third-order valence-corrected chi connectivity index (χ3v) is 3.02. The first kappa shape index (κ1) is 13.7. The highest BCUT2D eigenvalue weighted by Crippen LogP contribution is 2.22. The van der Waals surface area contributed by atoms with Gasteiger partial charge in [0.1, 0.15) is 5.57 Å². The lowest BCUT2D eigenvalue weighted by molar-refractivity contribution is -0.122. The molecule has 0 saturated carbocycles. The summed E-state index contributed by atoms with van der Waals surface area (Å²) in [5.41, 5.74) is 0.342. The minimum absolute atomic E-state index is 0.00703. The molecule has 98 valence electrons. The van der Waals surface area contributed by atoms with E-state index in [1.807, 2.05) is 0 Å². The summed E-state index contributed by atoms with van der Waals surface area (Å²) in [6.07, 6.45) is 1.14. The molecule has 1 heterocycles. The molecule has 1 aromatic carbocycles. The summed E-state index contributed by atoms with van der Waals surface area (Å²) in [4.78, 5) is 25.0. The lowest BCUT2D eigenvalue weighted by atomic mass is 10.1. The van der Waals surface area contributed by atoms with Gasteiger partial charge in [0, 0.05) is 5.02 Å². The third-order valence-electron chi connectivity index (χ3n) is 2.48. The van der Waals surface area contributed by atoms with Crippen molar-refractivity contribution in [3.8, 4) is 0 Å². The smallest absolute Gasteiger partial charge is 0.269 e. The molecule has 1 fully saturated rings. The average Bonchev–Trinajstić information content (AvgIpc) is 2.36. The molecule has 2 amide bonds. The molecule has 2 N–H and O–H groups in total. The van der Waals surface area contributed by atoms with E-state index in [-0.39, 0.29) is 10.7 Å². The fraction of sp³-hybridized carbons (Fsp3) is 0.0833. The highest BCUT2D eigenvalue weighted by molar-refractivity contribution is 7.80. The first-order valence-electron chi connectivity index (χ1n) is 5.31. The van der Waals surface area contributed by atoms with Crippen LogP contribution in [0.15, 0.2) is 35.9 Å². The number of aliphatic hydroxyl groups is 1. The Balaban J connectivity index is 2.41. The van der Waals surface area contributed by atoms with Gasteiger partial charge >= 0.3 is 0 Å². The van der Waals surface area contributed by atoms with Crippen LogP contribution in [0.25, 0.3) is 0 Å². The highest BCUT2D eigenvalue weighted by Gasteiger charge is 2.34. The van der Waals surface area contributed by atoms with Crippen molar-refractivity contribution in [2.45, 2.75) is 0 Å². The minimum atomic E-state index is -0.616. The molecule has 2 rings (SSSR count). The summed E-state index contributed by atoms with van der Waals surface area (Å²) in [6.45, 7) is -0.407. The lowest BCUT2D eigenvalue weighted by Crippen LogP contribution is -2.54. The van der Waals surface area contributed by atoms with Crippen LogP contribution in [0.3, 0.4) is 0 Å². The Morgan fingerprint density at radius 2 is 1.95 bits per heavy atom. The zero-order valence-corrected chi connectivity index (χ0v) is 11.2. The number of carbonyl (C=O) groups excluding carboxylic acids is 2. The molecule has 1 aliphatic heterocycles. The number of anilines is 1. The number of amides is 2. The topological polar surface area (TPSA) is 69.6 Å². The maximum Gasteiger partial charge on any atom is 0.269 e. The van der Waals surface area contributed by atoms with Gasteiger partial charge in [-0.2, -0.15) is 0 Å². The van der Waals surface area contributed by atoms with Crippen LogP contribution in [-0.4, -0.2) is 28.6 Å². The number of aliphatic hydroxyl groups excluding tert-OH is 1. The quantitative estimate of drug-likeness (QED) is 0.485. The molecule has 0 radical (unpaired) electrons. The van der Waals surface area contributed by atoms with Gasteiger partial charge < -0.3 is 5.11 Å². The van der Waals surface area contributed by atoms with Gasteiger partial charge in [-0.1, -0.05) is 11.6 Å². The largest absolute Gasteiger partial charge is 0.392 e. The maximum atomic E-state index is 12.2. The average molecular weight is 297 g/mol. The summed E-state index contributed by atoms with van der Waals surface area (Å²) in [7, 11) is 0. The molecule has 0 aromatic heterocycles. The maximum absolute atomic E-state index is 12.2. The van der Waals surface area contributed by atoms with Crippen molar-refractivity contribution in [3.05, 3.63) is 40.9 Å². The number of thiocarbonyl (C=S) groups is 1. The molecular formula is C12H9ClN2O3S. The Labute approximate surface area is 119 Å². The zero-order valence-electron chi connectivity index (χ0n) is 9.59. The normalized spacial score (nSPS) is 17.9. The first-order chi connectivity index (χ1) is 9.04. The summed E-state index contributed by atoms with van der Waals surface area (Å²) in [5.74, 6) is -1.20. The van der Waals surface area contributed by atoms with Crippen molar-refractivity contribution >= 4 is 46.4 Å². The predicted molar refractivity (Wildman–Crippen MR) is 74.8 cm³/mol. The van der Waals surface area contributed by atoms with E-state index in [1.165, 1.54) is 4.90 Å². The second kappa shape index (κ2) is 5.48. The standard InChI is InChI=1S/C12H9ClN2O3S/c13-7-1-3-8(4-2-7)15-11(18)9(5-6-16)10(17)14-12(15)19/h1-5,16H,6H2,(H,14,17,19)/b9-5-. The Bertz CT molecular complexity index is 583. The molecule has 0 unspecified atom stereocenters. The summed E-state index contributed by atoms with van der Waals surface area (Å²) >= 11 is 10.8. The van der Waals surface area contributed by atoms with Gasteiger partial charge in [0.2, 0.25) is 0 Å². The van der Waals surface area contributed by atoms with E-state index in [2.05, 4.69) is 5.32 Å². The van der Waals surface area contributed by atoms with Crippen molar-refractivity contribution in [1.82, 2.24) is 5.32 Å². The van der Waals surface area contributed by atoms with Crippen LogP contribution in [0.1, 0.15) is 0 Å². The minimum Gasteiger partial charge on any atom is -0.392 e. The van der Waals surface area contributed by atoms with E-state index in [0.29, 0.717) is 10.7 Å². The van der Waals surface area contributed by atoms with Gasteiger partial charge in [0.15, 0.2) is 5.11 Å². The number of halogens is 1. The van der Waals surface area contributed by atoms with E-state index < -0.39 is 18.4 Å². The molecule has 1 saturated heterocycles. The number of benzene rings is 1. The van der Waals surface area contributed by atoms with Gasteiger partial charge in [0.05, 0.1) is 12.3 Å². The van der Waals surface area contributed by atoms with Crippen molar-refractivity contribution in [1.29, 1.82) is 0 Å². The number of nitrogens with one attached hydrogen (secondary N) is 1. The number of hydrogen-bond donors (Lipinski definition) is 2. The van der Waals surface area contributed by atoms with Crippen molar-refractivity contribution < 1.29 is 14.7 Å². The van der Waals surface area contributed by atoms with Crippen LogP contribution in [0, 0.1) is 0 Å². The molecule has 5 nitrogen and oxygen atoms in total. The third kappa shape index (κ3) is 2.65. The van der Waals surface area contributed by atoms with Crippen LogP contribution in [-0.2, 0) is 9.59 Å². The van der Waals surface area contributed by atoms with E-state index in [9.17, 15) is 9.59 Å². The fourth-order valence-corrected chi connectivity index (χ4v) is 2.03. The van der Waals surface area contributed by atoms with Crippen LogP contribution in [0.4, 0.5) is 5.69 Å². The van der Waals surface area contributed by atoms with Gasteiger partial charge in [-0.3, -0.25) is 19.8 Å². The Morgan fingerprint density at radius 1 is 1.32 bits per heavy atom.